The van der Waals surface area contributed by atoms with E-state index in [0.29, 0.717) is 5.02 Å². The van der Waals surface area contributed by atoms with Gasteiger partial charge in [0.2, 0.25) is 5.91 Å². The molecule has 31 heavy (non-hydrogen) atoms. The molecule has 162 valence electrons. The van der Waals surface area contributed by atoms with Gasteiger partial charge in [0.05, 0.1) is 11.4 Å². The van der Waals surface area contributed by atoms with Crippen LogP contribution in [0.2, 0.25) is 5.02 Å². The van der Waals surface area contributed by atoms with Gasteiger partial charge in [0.1, 0.15) is 5.54 Å². The highest BCUT2D eigenvalue weighted by Gasteiger charge is 2.50. The molecule has 0 atom stereocenters. The summed E-state index contributed by atoms with van der Waals surface area (Å²) in [4.78, 5) is 23.9. The number of rotatable bonds is 4. The lowest BCUT2D eigenvalue weighted by Gasteiger charge is -2.42. The normalized spacial score (nSPS) is 19.1. The fraction of sp³-hybridized carbons (Fsp3) is 0.375. The fourth-order valence-corrected chi connectivity index (χ4v) is 5.55. The number of primary amides is 1. The molecule has 0 unspecified atom stereocenters. The minimum absolute atomic E-state index is 0.169. The van der Waals surface area contributed by atoms with Crippen LogP contribution in [0.4, 0.5) is 11.4 Å². The van der Waals surface area contributed by atoms with Crippen LogP contribution in [-0.2, 0) is 4.79 Å². The Morgan fingerprint density at radius 2 is 1.84 bits per heavy atom. The summed E-state index contributed by atoms with van der Waals surface area (Å²) in [6.07, 6.45) is 5.31. The maximum atomic E-state index is 11.6. The van der Waals surface area contributed by atoms with Crippen LogP contribution in [0.3, 0.4) is 0 Å². The number of hydrogen-bond acceptors (Lipinski definition) is 4. The highest BCUT2D eigenvalue weighted by atomic mass is 35.5. The number of carbonyl (C=O) groups is 1. The summed E-state index contributed by atoms with van der Waals surface area (Å²) in [6, 6.07) is 14.0. The summed E-state index contributed by atoms with van der Waals surface area (Å²) in [5.41, 5.74) is 9.30. The van der Waals surface area contributed by atoms with Gasteiger partial charge < -0.3 is 10.6 Å². The average Bonchev–Trinajstić information content (AvgIpc) is 3.02. The molecular formula is C24H27ClN4OS. The molecule has 0 bridgehead atoms. The molecule has 0 radical (unpaired) electrons. The zero-order valence-electron chi connectivity index (χ0n) is 17.9. The number of para-hydroxylation sites is 1. The Kier molecular flexibility index (Phi) is 6.39. The van der Waals surface area contributed by atoms with E-state index >= 15 is 0 Å². The monoisotopic (exact) mass is 454 g/mol. The maximum absolute atomic E-state index is 11.6. The minimum Gasteiger partial charge on any atom is -0.369 e. The van der Waals surface area contributed by atoms with Gasteiger partial charge in [-0.2, -0.15) is 0 Å². The number of anilines is 1. The third kappa shape index (κ3) is 4.37. The van der Waals surface area contributed by atoms with Crippen LogP contribution >= 0.6 is 23.4 Å². The molecule has 1 aliphatic carbocycles. The number of nitrogens with two attached hydrogens (primary N) is 1. The summed E-state index contributed by atoms with van der Waals surface area (Å²) < 4.78 is 0. The van der Waals surface area contributed by atoms with E-state index in [1.807, 2.05) is 24.3 Å². The Bertz CT molecular complexity index is 1040. The number of amidine groups is 2. The molecular weight excluding hydrogens is 428 g/mol. The van der Waals surface area contributed by atoms with E-state index in [-0.39, 0.29) is 17.2 Å². The Morgan fingerprint density at radius 3 is 2.48 bits per heavy atom. The molecule has 0 saturated heterocycles. The molecule has 1 fully saturated rings. The van der Waals surface area contributed by atoms with Crippen LogP contribution in [0.15, 0.2) is 52.4 Å². The lowest BCUT2D eigenvalue weighted by molar-refractivity contribution is -0.115. The number of aliphatic imine (C=N–C) groups is 2. The zero-order valence-corrected chi connectivity index (χ0v) is 19.5. The van der Waals surface area contributed by atoms with E-state index in [1.165, 1.54) is 18.2 Å². The van der Waals surface area contributed by atoms with E-state index in [2.05, 4.69) is 36.9 Å². The van der Waals surface area contributed by atoms with Gasteiger partial charge in [-0.1, -0.05) is 66.9 Å². The first-order valence-corrected chi connectivity index (χ1v) is 12.0. The zero-order chi connectivity index (χ0) is 22.0. The van der Waals surface area contributed by atoms with Gasteiger partial charge in [0.15, 0.2) is 11.0 Å². The molecule has 7 heteroatoms. The fourth-order valence-electron chi connectivity index (χ4n) is 4.53. The van der Waals surface area contributed by atoms with Gasteiger partial charge in [-0.05, 0) is 56.0 Å². The average molecular weight is 455 g/mol. The van der Waals surface area contributed by atoms with E-state index in [9.17, 15) is 4.79 Å². The van der Waals surface area contributed by atoms with E-state index in [4.69, 9.17) is 27.3 Å². The standard InChI is InChI=1S/C24H27ClN4OS/c1-16-8-6-9-17(2)21(16)27-22-24(12-4-3-5-13-24)29(19-11-7-10-18(25)14-19)23(28-22)31-15-20(26)30/h6-11,14H,3-5,12-13,15H2,1-2H3,(H2,26,30). The van der Waals surface area contributed by atoms with Crippen LogP contribution in [-0.4, -0.2) is 28.2 Å². The Labute approximate surface area is 192 Å². The third-order valence-corrected chi connectivity index (χ3v) is 7.18. The van der Waals surface area contributed by atoms with Crippen molar-refractivity contribution >= 4 is 51.6 Å². The van der Waals surface area contributed by atoms with Gasteiger partial charge in [0.25, 0.3) is 0 Å². The first-order chi connectivity index (χ1) is 14.9. The maximum Gasteiger partial charge on any atom is 0.227 e. The topological polar surface area (TPSA) is 71.0 Å². The third-order valence-electron chi connectivity index (χ3n) is 5.98. The number of aryl methyl sites for hydroxylation is 2. The van der Waals surface area contributed by atoms with E-state index < -0.39 is 0 Å². The quantitative estimate of drug-likeness (QED) is 0.636. The molecule has 1 spiro atoms. The molecule has 1 aliphatic heterocycles. The minimum atomic E-state index is -0.364. The first kappa shape index (κ1) is 21.9. The second-order valence-corrected chi connectivity index (χ2v) is 9.61. The number of carbonyl (C=O) groups excluding carboxylic acids is 1. The van der Waals surface area contributed by atoms with Crippen LogP contribution in [0.25, 0.3) is 0 Å². The van der Waals surface area contributed by atoms with Crippen LogP contribution in [0, 0.1) is 13.8 Å². The van der Waals surface area contributed by atoms with Crippen molar-refractivity contribution < 1.29 is 4.79 Å². The number of halogens is 1. The number of amides is 1. The summed E-state index contributed by atoms with van der Waals surface area (Å²) in [5.74, 6) is 0.621. The molecule has 2 aromatic carbocycles. The van der Waals surface area contributed by atoms with E-state index in [0.717, 1.165) is 59.2 Å². The first-order valence-electron chi connectivity index (χ1n) is 10.6. The molecule has 2 aromatic rings. The highest BCUT2D eigenvalue weighted by molar-refractivity contribution is 8.14. The Hall–Kier alpha value is -2.31. The number of benzene rings is 2. The second kappa shape index (κ2) is 9.05. The molecule has 1 saturated carbocycles. The van der Waals surface area contributed by atoms with Crippen molar-refractivity contribution in [2.75, 3.05) is 10.7 Å². The van der Waals surface area contributed by atoms with Gasteiger partial charge in [-0.25, -0.2) is 9.98 Å². The molecule has 1 heterocycles. The number of hydrogen-bond donors (Lipinski definition) is 1. The summed E-state index contributed by atoms with van der Waals surface area (Å²) >= 11 is 7.72. The smallest absolute Gasteiger partial charge is 0.227 e. The van der Waals surface area contributed by atoms with Crippen molar-refractivity contribution in [3.05, 3.63) is 58.6 Å². The number of thioether (sulfide) groups is 1. The lowest BCUT2D eigenvalue weighted by Crippen LogP contribution is -2.53. The molecule has 2 N–H and O–H groups in total. The molecule has 5 nitrogen and oxygen atoms in total. The van der Waals surface area contributed by atoms with Crippen molar-refractivity contribution in [1.29, 1.82) is 0 Å². The Balaban J connectivity index is 1.88. The van der Waals surface area contributed by atoms with Crippen molar-refractivity contribution in [2.45, 2.75) is 51.5 Å². The van der Waals surface area contributed by atoms with Gasteiger partial charge >= 0.3 is 0 Å². The summed E-state index contributed by atoms with van der Waals surface area (Å²) in [6.45, 7) is 4.16. The lowest BCUT2D eigenvalue weighted by atomic mass is 9.79. The SMILES string of the molecule is Cc1cccc(C)c1N=C1N=C(SCC(N)=O)N(c2cccc(Cl)c2)C12CCCCC2. The van der Waals surface area contributed by atoms with Crippen LogP contribution in [0.1, 0.15) is 43.2 Å². The number of nitrogens with zero attached hydrogens (tertiary/aromatic N) is 3. The van der Waals surface area contributed by atoms with Crippen molar-refractivity contribution in [2.24, 2.45) is 15.7 Å². The molecule has 0 aromatic heterocycles. The van der Waals surface area contributed by atoms with Gasteiger partial charge in [-0.15, -0.1) is 0 Å². The van der Waals surface area contributed by atoms with Crippen molar-refractivity contribution in [3.63, 3.8) is 0 Å². The molecule has 4 rings (SSSR count). The largest absolute Gasteiger partial charge is 0.369 e. The van der Waals surface area contributed by atoms with Crippen LogP contribution in [0.5, 0.6) is 0 Å². The Morgan fingerprint density at radius 1 is 1.16 bits per heavy atom. The van der Waals surface area contributed by atoms with E-state index in [1.54, 1.807) is 0 Å². The predicted octanol–water partition coefficient (Wildman–Crippen LogP) is 5.78. The molecule has 1 amide bonds. The van der Waals surface area contributed by atoms with Gasteiger partial charge in [0, 0.05) is 10.7 Å². The second-order valence-electron chi connectivity index (χ2n) is 8.23. The summed E-state index contributed by atoms with van der Waals surface area (Å²) in [7, 11) is 0. The van der Waals surface area contributed by atoms with Crippen LogP contribution < -0.4 is 10.6 Å². The highest BCUT2D eigenvalue weighted by Crippen LogP contribution is 2.45. The van der Waals surface area contributed by atoms with Gasteiger partial charge in [-0.3, -0.25) is 4.79 Å². The summed E-state index contributed by atoms with van der Waals surface area (Å²) in [5, 5.41) is 1.43. The van der Waals surface area contributed by atoms with Crippen molar-refractivity contribution in [3.8, 4) is 0 Å². The van der Waals surface area contributed by atoms with Crippen molar-refractivity contribution in [1.82, 2.24) is 0 Å². The molecule has 2 aliphatic rings. The predicted molar refractivity (Wildman–Crippen MR) is 132 cm³/mol.